The molecule has 0 spiro atoms. The largest absolute Gasteiger partial charge is 0.388 e. The van der Waals surface area contributed by atoms with Gasteiger partial charge < -0.3 is 10.0 Å². The van der Waals surface area contributed by atoms with Crippen LogP contribution in [0, 0.1) is 5.92 Å². The summed E-state index contributed by atoms with van der Waals surface area (Å²) in [6.45, 7) is 3.51. The summed E-state index contributed by atoms with van der Waals surface area (Å²) in [7, 11) is 0. The van der Waals surface area contributed by atoms with E-state index in [1.165, 1.54) is 37.9 Å². The molecule has 1 aliphatic heterocycles. The molecule has 0 unspecified atom stereocenters. The van der Waals surface area contributed by atoms with Crippen molar-refractivity contribution in [2.24, 2.45) is 5.92 Å². The van der Waals surface area contributed by atoms with Crippen LogP contribution in [0.15, 0.2) is 24.3 Å². The first-order valence-corrected chi connectivity index (χ1v) is 6.83. The molecule has 0 amide bonds. The number of hydrogen-bond acceptors (Lipinski definition) is 2. The number of piperidine rings is 1. The van der Waals surface area contributed by atoms with E-state index in [1.807, 2.05) is 6.07 Å². The van der Waals surface area contributed by atoms with E-state index in [2.05, 4.69) is 23.1 Å². The zero-order valence-electron chi connectivity index (χ0n) is 10.3. The lowest BCUT2D eigenvalue weighted by atomic mass is 10.0. The molecule has 1 fully saturated rings. The highest BCUT2D eigenvalue weighted by molar-refractivity contribution is 5.34. The molecule has 0 saturated carbocycles. The molecule has 2 nitrogen and oxygen atoms in total. The smallest absolute Gasteiger partial charge is 0.0836 e. The standard InChI is InChI=1S/C15H21NO/c17-15-13(11-16-8-4-1-5-9-16)10-12-6-2-3-7-14(12)15/h2-3,6-7,13,15,17H,1,4-5,8-11H2/t13-,15-/m0/s1. The molecule has 0 bridgehead atoms. The van der Waals surface area contributed by atoms with Crippen LogP contribution in [-0.2, 0) is 6.42 Å². The van der Waals surface area contributed by atoms with Gasteiger partial charge in [-0.05, 0) is 43.5 Å². The van der Waals surface area contributed by atoms with E-state index in [9.17, 15) is 5.11 Å². The molecule has 0 aromatic heterocycles. The minimum Gasteiger partial charge on any atom is -0.388 e. The third-order valence-corrected chi connectivity index (χ3v) is 4.24. The third-order valence-electron chi connectivity index (χ3n) is 4.24. The molecular formula is C15H21NO. The number of benzene rings is 1. The molecule has 2 atom stereocenters. The van der Waals surface area contributed by atoms with Crippen LogP contribution < -0.4 is 0 Å². The maximum Gasteiger partial charge on any atom is 0.0836 e. The topological polar surface area (TPSA) is 23.5 Å². The van der Waals surface area contributed by atoms with Crippen molar-refractivity contribution in [1.29, 1.82) is 0 Å². The summed E-state index contributed by atoms with van der Waals surface area (Å²) >= 11 is 0. The molecular weight excluding hydrogens is 210 g/mol. The average Bonchev–Trinajstić information content (AvgIpc) is 2.68. The summed E-state index contributed by atoms with van der Waals surface area (Å²) in [5, 5.41) is 10.3. The number of nitrogens with zero attached hydrogens (tertiary/aromatic N) is 1. The van der Waals surface area contributed by atoms with Crippen molar-refractivity contribution in [3.63, 3.8) is 0 Å². The van der Waals surface area contributed by atoms with Gasteiger partial charge in [-0.2, -0.15) is 0 Å². The maximum atomic E-state index is 10.3. The summed E-state index contributed by atoms with van der Waals surface area (Å²) in [5.41, 5.74) is 2.51. The first-order valence-electron chi connectivity index (χ1n) is 6.83. The molecule has 0 radical (unpaired) electrons. The Balaban J connectivity index is 1.67. The van der Waals surface area contributed by atoms with Crippen LogP contribution in [0.2, 0.25) is 0 Å². The Hall–Kier alpha value is -0.860. The van der Waals surface area contributed by atoms with Crippen molar-refractivity contribution in [2.75, 3.05) is 19.6 Å². The minimum atomic E-state index is -0.242. The second kappa shape index (κ2) is 4.79. The van der Waals surface area contributed by atoms with Crippen LogP contribution in [0.5, 0.6) is 0 Å². The minimum absolute atomic E-state index is 0.242. The maximum absolute atomic E-state index is 10.3. The molecule has 2 aliphatic rings. The van der Waals surface area contributed by atoms with Gasteiger partial charge in [-0.3, -0.25) is 0 Å². The van der Waals surface area contributed by atoms with Gasteiger partial charge in [0.05, 0.1) is 6.10 Å². The van der Waals surface area contributed by atoms with Gasteiger partial charge in [-0.1, -0.05) is 30.7 Å². The number of rotatable bonds is 2. The van der Waals surface area contributed by atoms with E-state index in [0.717, 1.165) is 18.5 Å². The van der Waals surface area contributed by atoms with Crippen LogP contribution in [0.3, 0.4) is 0 Å². The van der Waals surface area contributed by atoms with E-state index in [0.29, 0.717) is 5.92 Å². The molecule has 92 valence electrons. The van der Waals surface area contributed by atoms with Crippen molar-refractivity contribution in [3.05, 3.63) is 35.4 Å². The van der Waals surface area contributed by atoms with Gasteiger partial charge in [-0.15, -0.1) is 0 Å². The van der Waals surface area contributed by atoms with Crippen LogP contribution in [0.4, 0.5) is 0 Å². The van der Waals surface area contributed by atoms with Crippen molar-refractivity contribution in [1.82, 2.24) is 4.90 Å². The molecule has 1 saturated heterocycles. The summed E-state index contributed by atoms with van der Waals surface area (Å²) < 4.78 is 0. The van der Waals surface area contributed by atoms with E-state index in [-0.39, 0.29) is 6.10 Å². The molecule has 3 rings (SSSR count). The monoisotopic (exact) mass is 231 g/mol. The van der Waals surface area contributed by atoms with Crippen molar-refractivity contribution in [3.8, 4) is 0 Å². The zero-order chi connectivity index (χ0) is 11.7. The van der Waals surface area contributed by atoms with Gasteiger partial charge in [0.25, 0.3) is 0 Å². The highest BCUT2D eigenvalue weighted by Crippen LogP contribution is 2.36. The summed E-state index contributed by atoms with van der Waals surface area (Å²) in [6, 6.07) is 8.35. The zero-order valence-corrected chi connectivity index (χ0v) is 10.3. The van der Waals surface area contributed by atoms with Gasteiger partial charge in [-0.25, -0.2) is 0 Å². The SMILES string of the molecule is O[C@@H]1c2ccccc2C[C@H]1CN1CCCCC1. The number of fused-ring (bicyclic) bond motifs is 1. The quantitative estimate of drug-likeness (QED) is 0.844. The number of aliphatic hydroxyl groups is 1. The molecule has 1 aliphatic carbocycles. The molecule has 1 aromatic rings. The van der Waals surface area contributed by atoms with E-state index < -0.39 is 0 Å². The lowest BCUT2D eigenvalue weighted by molar-refractivity contribution is 0.0855. The molecule has 2 heteroatoms. The van der Waals surface area contributed by atoms with Crippen LogP contribution in [0.25, 0.3) is 0 Å². The van der Waals surface area contributed by atoms with E-state index in [1.54, 1.807) is 0 Å². The van der Waals surface area contributed by atoms with Gasteiger partial charge >= 0.3 is 0 Å². The highest BCUT2D eigenvalue weighted by Gasteiger charge is 2.31. The second-order valence-electron chi connectivity index (χ2n) is 5.47. The molecule has 1 aromatic carbocycles. The highest BCUT2D eigenvalue weighted by atomic mass is 16.3. The Morgan fingerprint density at radius 3 is 2.65 bits per heavy atom. The Morgan fingerprint density at radius 1 is 1.12 bits per heavy atom. The van der Waals surface area contributed by atoms with Gasteiger partial charge in [0.2, 0.25) is 0 Å². The third kappa shape index (κ3) is 2.24. The molecule has 1 heterocycles. The Labute approximate surface area is 103 Å². The summed E-state index contributed by atoms with van der Waals surface area (Å²) in [6.07, 6.45) is 4.84. The lowest BCUT2D eigenvalue weighted by Gasteiger charge is -2.30. The van der Waals surface area contributed by atoms with Crippen LogP contribution in [0.1, 0.15) is 36.5 Å². The molecule has 1 N–H and O–H groups in total. The first kappa shape index (κ1) is 11.2. The van der Waals surface area contributed by atoms with E-state index in [4.69, 9.17) is 0 Å². The van der Waals surface area contributed by atoms with E-state index >= 15 is 0 Å². The predicted octanol–water partition coefficient (Wildman–Crippen LogP) is 2.38. The number of hydrogen-bond donors (Lipinski definition) is 1. The fraction of sp³-hybridized carbons (Fsp3) is 0.600. The predicted molar refractivity (Wildman–Crippen MR) is 68.9 cm³/mol. The second-order valence-corrected chi connectivity index (χ2v) is 5.47. The van der Waals surface area contributed by atoms with Gasteiger partial charge in [0.15, 0.2) is 0 Å². The fourth-order valence-corrected chi connectivity index (χ4v) is 3.29. The molecule has 17 heavy (non-hydrogen) atoms. The van der Waals surface area contributed by atoms with Gasteiger partial charge in [0.1, 0.15) is 0 Å². The van der Waals surface area contributed by atoms with Crippen molar-refractivity contribution >= 4 is 0 Å². The van der Waals surface area contributed by atoms with Crippen LogP contribution >= 0.6 is 0 Å². The Bertz CT molecular complexity index is 384. The lowest BCUT2D eigenvalue weighted by Crippen LogP contribution is -2.35. The van der Waals surface area contributed by atoms with Crippen molar-refractivity contribution in [2.45, 2.75) is 31.8 Å². The summed E-state index contributed by atoms with van der Waals surface area (Å²) in [4.78, 5) is 2.53. The normalized spacial score (nSPS) is 29.2. The average molecular weight is 231 g/mol. The Kier molecular flexibility index (Phi) is 3.17. The van der Waals surface area contributed by atoms with Gasteiger partial charge in [0, 0.05) is 12.5 Å². The van der Waals surface area contributed by atoms with Crippen molar-refractivity contribution < 1.29 is 5.11 Å². The number of aliphatic hydroxyl groups excluding tert-OH is 1. The van der Waals surface area contributed by atoms with Crippen LogP contribution in [-0.4, -0.2) is 29.6 Å². The fourth-order valence-electron chi connectivity index (χ4n) is 3.29. The Morgan fingerprint density at radius 2 is 1.88 bits per heavy atom. The first-order chi connectivity index (χ1) is 8.34. The summed E-state index contributed by atoms with van der Waals surface area (Å²) in [5.74, 6) is 0.408. The number of likely N-dealkylation sites (tertiary alicyclic amines) is 1.